The van der Waals surface area contributed by atoms with Crippen molar-refractivity contribution < 1.29 is 4.79 Å². The molecular formula is C29H24N2O. The third-order valence-corrected chi connectivity index (χ3v) is 5.77. The lowest BCUT2D eigenvalue weighted by Gasteiger charge is -2.33. The van der Waals surface area contributed by atoms with Crippen LogP contribution in [0, 0.1) is 0 Å². The van der Waals surface area contributed by atoms with Crippen LogP contribution >= 0.6 is 0 Å². The van der Waals surface area contributed by atoms with Gasteiger partial charge in [-0.15, -0.1) is 0 Å². The van der Waals surface area contributed by atoms with Gasteiger partial charge in [-0.3, -0.25) is 4.79 Å². The van der Waals surface area contributed by atoms with Crippen LogP contribution in [0.4, 0.5) is 0 Å². The molecule has 0 spiro atoms. The Labute approximate surface area is 188 Å². The molecule has 1 aliphatic rings. The summed E-state index contributed by atoms with van der Waals surface area (Å²) in [4.78, 5) is 13.6. The predicted octanol–water partition coefficient (Wildman–Crippen LogP) is 6.34. The Hall–Kier alpha value is -3.95. The Bertz CT molecular complexity index is 1210. The maximum absolute atomic E-state index is 13.6. The molecule has 0 aromatic heterocycles. The van der Waals surface area contributed by atoms with Gasteiger partial charge < -0.3 is 0 Å². The highest BCUT2D eigenvalue weighted by Gasteiger charge is 2.38. The summed E-state index contributed by atoms with van der Waals surface area (Å²) in [6.45, 7) is 0.617. The number of amides is 1. The van der Waals surface area contributed by atoms with Crippen molar-refractivity contribution in [3.8, 4) is 0 Å². The first-order valence-corrected chi connectivity index (χ1v) is 10.8. The van der Waals surface area contributed by atoms with Gasteiger partial charge in [-0.1, -0.05) is 109 Å². The molecule has 0 N–H and O–H groups in total. The molecule has 4 aromatic carbocycles. The van der Waals surface area contributed by atoms with Gasteiger partial charge in [0.05, 0.1) is 6.04 Å². The Morgan fingerprint density at radius 2 is 1.19 bits per heavy atom. The number of benzene rings is 4. The molecule has 0 unspecified atom stereocenters. The molecule has 1 amide bonds. The van der Waals surface area contributed by atoms with Gasteiger partial charge in [-0.25, -0.2) is 5.01 Å². The molecule has 0 bridgehead atoms. The van der Waals surface area contributed by atoms with Crippen molar-refractivity contribution in [2.75, 3.05) is 0 Å². The first kappa shape index (κ1) is 20.0. The molecular weight excluding hydrogens is 392 g/mol. The summed E-state index contributed by atoms with van der Waals surface area (Å²) in [7, 11) is 0. The van der Waals surface area contributed by atoms with Crippen molar-refractivity contribution in [2.24, 2.45) is 0 Å². The molecule has 0 aliphatic carbocycles. The summed E-state index contributed by atoms with van der Waals surface area (Å²) in [5.41, 5.74) is 5.20. The monoisotopic (exact) mass is 416 g/mol. The highest BCUT2D eigenvalue weighted by molar-refractivity contribution is 5.96. The van der Waals surface area contributed by atoms with E-state index in [1.807, 2.05) is 79.0 Å². The van der Waals surface area contributed by atoms with E-state index >= 15 is 0 Å². The Morgan fingerprint density at radius 1 is 0.656 bits per heavy atom. The largest absolute Gasteiger partial charge is 0.272 e. The fourth-order valence-corrected chi connectivity index (χ4v) is 4.24. The average Bonchev–Trinajstić information content (AvgIpc) is 3.25. The summed E-state index contributed by atoms with van der Waals surface area (Å²) in [5.74, 6) is -0.0339. The van der Waals surface area contributed by atoms with Crippen molar-refractivity contribution in [1.29, 1.82) is 0 Å². The van der Waals surface area contributed by atoms with Gasteiger partial charge in [-0.05, 0) is 28.8 Å². The molecule has 1 aliphatic heterocycles. The van der Waals surface area contributed by atoms with Crippen LogP contribution in [0.5, 0.6) is 0 Å². The van der Waals surface area contributed by atoms with E-state index in [4.69, 9.17) is 0 Å². The van der Waals surface area contributed by atoms with Crippen LogP contribution in [0.15, 0.2) is 128 Å². The van der Waals surface area contributed by atoms with E-state index in [1.54, 1.807) is 5.01 Å². The number of carbonyl (C=O) groups is 1. The van der Waals surface area contributed by atoms with Gasteiger partial charge in [-0.2, -0.15) is 5.01 Å². The first-order chi connectivity index (χ1) is 15.8. The molecule has 32 heavy (non-hydrogen) atoms. The van der Waals surface area contributed by atoms with Crippen LogP contribution in [0.1, 0.15) is 33.1 Å². The van der Waals surface area contributed by atoms with Gasteiger partial charge in [0, 0.05) is 23.9 Å². The van der Waals surface area contributed by atoms with Gasteiger partial charge in [0.25, 0.3) is 5.91 Å². The third kappa shape index (κ3) is 3.98. The number of rotatable bonds is 5. The molecule has 5 rings (SSSR count). The molecule has 0 saturated carbocycles. The molecule has 156 valence electrons. The summed E-state index contributed by atoms with van der Waals surface area (Å²) in [6, 6.07) is 40.4. The lowest BCUT2D eigenvalue weighted by Crippen LogP contribution is -2.40. The van der Waals surface area contributed by atoms with E-state index in [0.29, 0.717) is 12.1 Å². The third-order valence-electron chi connectivity index (χ3n) is 5.77. The second-order valence-corrected chi connectivity index (χ2v) is 7.86. The quantitative estimate of drug-likeness (QED) is 0.379. The van der Waals surface area contributed by atoms with E-state index in [2.05, 4.69) is 53.5 Å². The van der Waals surface area contributed by atoms with E-state index < -0.39 is 0 Å². The molecule has 4 aromatic rings. The number of hydrogen-bond acceptors (Lipinski definition) is 2. The second-order valence-electron chi connectivity index (χ2n) is 7.86. The standard InChI is InChI=1S/C29H24N2O/c32-29(26-19-11-4-12-20-26)31-22-27(24-15-7-2-8-16-24)28(25-17-9-3-10-18-25)30(31)21-23-13-5-1-6-14-23/h1-20,22,28H,21H2/t28-/m1/s1. The zero-order valence-corrected chi connectivity index (χ0v) is 17.7. The number of nitrogens with zero attached hydrogens (tertiary/aromatic N) is 2. The van der Waals surface area contributed by atoms with Gasteiger partial charge in [0.15, 0.2) is 0 Å². The van der Waals surface area contributed by atoms with Crippen LogP contribution in [-0.4, -0.2) is 15.9 Å². The highest BCUT2D eigenvalue weighted by Crippen LogP contribution is 2.42. The maximum Gasteiger partial charge on any atom is 0.272 e. The molecule has 3 nitrogen and oxygen atoms in total. The van der Waals surface area contributed by atoms with Crippen molar-refractivity contribution in [2.45, 2.75) is 12.6 Å². The van der Waals surface area contributed by atoms with Crippen LogP contribution in [0.2, 0.25) is 0 Å². The Kier molecular flexibility index (Phi) is 5.65. The average molecular weight is 417 g/mol. The van der Waals surface area contributed by atoms with Crippen LogP contribution in [0.3, 0.4) is 0 Å². The second kappa shape index (κ2) is 9.04. The summed E-state index contributed by atoms with van der Waals surface area (Å²) in [5, 5.41) is 3.96. The first-order valence-electron chi connectivity index (χ1n) is 10.8. The maximum atomic E-state index is 13.6. The molecule has 1 atom stereocenters. The molecule has 3 heteroatoms. The summed E-state index contributed by atoms with van der Waals surface area (Å²) < 4.78 is 0. The fourth-order valence-electron chi connectivity index (χ4n) is 4.24. The minimum Gasteiger partial charge on any atom is -0.267 e. The van der Waals surface area contributed by atoms with Crippen LogP contribution in [-0.2, 0) is 6.54 Å². The predicted molar refractivity (Wildman–Crippen MR) is 128 cm³/mol. The van der Waals surface area contributed by atoms with Crippen molar-refractivity contribution in [3.63, 3.8) is 0 Å². The van der Waals surface area contributed by atoms with Crippen LogP contribution < -0.4 is 0 Å². The molecule has 0 fully saturated rings. The number of hydrogen-bond donors (Lipinski definition) is 0. The minimum absolute atomic E-state index is 0.0339. The van der Waals surface area contributed by atoms with Crippen molar-refractivity contribution >= 4 is 11.5 Å². The topological polar surface area (TPSA) is 23.6 Å². The SMILES string of the molecule is O=C(c1ccccc1)N1C=C(c2ccccc2)[C@@H](c2ccccc2)N1Cc1ccccc1. The Morgan fingerprint density at radius 3 is 1.81 bits per heavy atom. The smallest absolute Gasteiger partial charge is 0.267 e. The Balaban J connectivity index is 1.63. The van der Waals surface area contributed by atoms with Gasteiger partial charge in [0.2, 0.25) is 0 Å². The molecule has 0 saturated heterocycles. The normalized spacial score (nSPS) is 16.1. The lowest BCUT2D eigenvalue weighted by atomic mass is 9.94. The van der Waals surface area contributed by atoms with E-state index in [9.17, 15) is 4.79 Å². The molecule has 0 radical (unpaired) electrons. The fraction of sp³-hybridized carbons (Fsp3) is 0.0690. The number of carbonyl (C=O) groups excluding carboxylic acids is 1. The summed E-state index contributed by atoms with van der Waals surface area (Å²) >= 11 is 0. The van der Waals surface area contributed by atoms with E-state index in [1.165, 1.54) is 0 Å². The van der Waals surface area contributed by atoms with Crippen molar-refractivity contribution in [3.05, 3.63) is 150 Å². The van der Waals surface area contributed by atoms with Gasteiger partial charge in [0.1, 0.15) is 0 Å². The zero-order valence-electron chi connectivity index (χ0n) is 17.7. The molecule has 1 heterocycles. The minimum atomic E-state index is -0.0773. The van der Waals surface area contributed by atoms with Gasteiger partial charge >= 0.3 is 0 Å². The summed E-state index contributed by atoms with van der Waals surface area (Å²) in [6.07, 6.45) is 2.01. The highest BCUT2D eigenvalue weighted by atomic mass is 16.2. The lowest BCUT2D eigenvalue weighted by molar-refractivity contribution is 0.0104. The van der Waals surface area contributed by atoms with Crippen molar-refractivity contribution in [1.82, 2.24) is 10.0 Å². The van der Waals surface area contributed by atoms with E-state index in [0.717, 1.165) is 22.3 Å². The zero-order chi connectivity index (χ0) is 21.8. The van der Waals surface area contributed by atoms with E-state index in [-0.39, 0.29) is 11.9 Å². The van der Waals surface area contributed by atoms with Crippen LogP contribution in [0.25, 0.3) is 5.57 Å². The number of hydrazine groups is 1.